The van der Waals surface area contributed by atoms with Crippen LogP contribution in [-0.4, -0.2) is 33.3 Å². The van der Waals surface area contributed by atoms with Gasteiger partial charge < -0.3 is 10.2 Å². The molecule has 6 aliphatic carbocycles. The van der Waals surface area contributed by atoms with Crippen LogP contribution >= 0.6 is 0 Å². The Balaban J connectivity index is 1.45. The number of hydrogen-bond acceptors (Lipinski definition) is 6. The number of ketones is 4. The van der Waals surface area contributed by atoms with Crippen molar-refractivity contribution in [2.45, 2.75) is 120 Å². The molecular weight excluding hydrogens is 576 g/mol. The van der Waals surface area contributed by atoms with Gasteiger partial charge in [0.15, 0.2) is 23.1 Å². The van der Waals surface area contributed by atoms with Crippen molar-refractivity contribution in [3.05, 3.63) is 68.3 Å². The molecule has 6 nitrogen and oxygen atoms in total. The Bertz CT molecular complexity index is 1560. The molecule has 246 valence electrons. The number of carbonyl (C=O) groups excluding carboxylic acids is 4. The van der Waals surface area contributed by atoms with E-state index in [1.807, 2.05) is 39.8 Å². The molecule has 0 spiro atoms. The lowest BCUT2D eigenvalue weighted by atomic mass is 9.65. The summed E-state index contributed by atoms with van der Waals surface area (Å²) < 4.78 is 0. The lowest BCUT2D eigenvalue weighted by Crippen LogP contribution is -2.30. The van der Waals surface area contributed by atoms with Crippen LogP contribution < -0.4 is 0 Å². The van der Waals surface area contributed by atoms with Gasteiger partial charge in [0.25, 0.3) is 0 Å². The van der Waals surface area contributed by atoms with Crippen LogP contribution in [0.25, 0.3) is 0 Å². The third kappa shape index (κ3) is 4.48. The summed E-state index contributed by atoms with van der Waals surface area (Å²) in [6, 6.07) is 0. The van der Waals surface area contributed by atoms with Crippen LogP contribution in [-0.2, 0) is 19.2 Å². The standard InChI is InChI=1S/C40H50O6/c1-21(2)31-35(45)33(43)27-19-25-23(29(41)11-13-37(25,5)15-17-39(27,31)7)9-10-24-26-20-28-34(44)36(46)32(22(3)4)40(28,8)18-16-38(26,6)14-12-30(24)42/h19-22,45-46H,9-18H2,1-8H3. The van der Waals surface area contributed by atoms with E-state index in [0.717, 1.165) is 48.0 Å². The van der Waals surface area contributed by atoms with Gasteiger partial charge in [-0.1, -0.05) is 55.4 Å². The minimum Gasteiger partial charge on any atom is -0.504 e. The molecule has 0 aromatic heterocycles. The molecule has 0 saturated carbocycles. The summed E-state index contributed by atoms with van der Waals surface area (Å²) in [5.74, 6) is -0.823. The molecule has 0 aliphatic heterocycles. The third-order valence-corrected chi connectivity index (χ3v) is 12.9. The summed E-state index contributed by atoms with van der Waals surface area (Å²) in [5, 5.41) is 21.9. The Morgan fingerprint density at radius 1 is 0.587 bits per heavy atom. The van der Waals surface area contributed by atoms with Gasteiger partial charge in [0.05, 0.1) is 0 Å². The first kappa shape index (κ1) is 32.7. The first-order valence-electron chi connectivity index (χ1n) is 17.3. The zero-order valence-corrected chi connectivity index (χ0v) is 28.9. The van der Waals surface area contributed by atoms with Crippen molar-refractivity contribution in [2.75, 3.05) is 0 Å². The summed E-state index contributed by atoms with van der Waals surface area (Å²) in [6.07, 6.45) is 9.90. The lowest BCUT2D eigenvalue weighted by Gasteiger charge is -2.38. The molecule has 6 heteroatoms. The number of aliphatic hydroxyl groups excluding tert-OH is 2. The average molecular weight is 627 g/mol. The monoisotopic (exact) mass is 626 g/mol. The van der Waals surface area contributed by atoms with E-state index in [1.165, 1.54) is 0 Å². The predicted octanol–water partition coefficient (Wildman–Crippen LogP) is 8.65. The molecule has 0 aromatic rings. The van der Waals surface area contributed by atoms with Crippen LogP contribution in [0.5, 0.6) is 0 Å². The molecule has 6 aliphatic rings. The minimum absolute atomic E-state index is 0.0129. The van der Waals surface area contributed by atoms with Crippen molar-refractivity contribution in [1.29, 1.82) is 0 Å². The van der Waals surface area contributed by atoms with Gasteiger partial charge in [-0.05, 0) is 120 Å². The van der Waals surface area contributed by atoms with E-state index >= 15 is 0 Å². The van der Waals surface area contributed by atoms with E-state index in [-0.39, 0.29) is 57.3 Å². The number of Topliss-reactive ketones (excluding diaryl/α,β-unsaturated/α-hetero) is 4. The molecular formula is C40H50O6. The van der Waals surface area contributed by atoms with Crippen molar-refractivity contribution >= 4 is 23.1 Å². The SMILES string of the molecule is CC(C)C1=C(O)C(=O)C2=CC3=C(CCC4=C5C=C6C(=O)C(O)=C(C(C)C)C6(C)CCC5(C)CCC4=O)C(=O)CCC3(C)CCC21C. The second-order valence-corrected chi connectivity index (χ2v) is 16.5. The van der Waals surface area contributed by atoms with Gasteiger partial charge in [-0.25, -0.2) is 0 Å². The molecule has 0 bridgehead atoms. The molecule has 4 atom stereocenters. The Hall–Kier alpha value is -3.28. The maximum atomic E-state index is 13.7. The van der Waals surface area contributed by atoms with E-state index < -0.39 is 10.8 Å². The van der Waals surface area contributed by atoms with E-state index in [1.54, 1.807) is 0 Å². The van der Waals surface area contributed by atoms with Crippen LogP contribution in [0.4, 0.5) is 0 Å². The van der Waals surface area contributed by atoms with Gasteiger partial charge >= 0.3 is 0 Å². The zero-order valence-electron chi connectivity index (χ0n) is 28.9. The highest BCUT2D eigenvalue weighted by atomic mass is 16.3. The summed E-state index contributed by atoms with van der Waals surface area (Å²) in [5.41, 5.74) is 4.14. The van der Waals surface area contributed by atoms with Gasteiger partial charge in [-0.3, -0.25) is 19.2 Å². The van der Waals surface area contributed by atoms with Gasteiger partial charge in [-0.2, -0.15) is 0 Å². The third-order valence-electron chi connectivity index (χ3n) is 12.9. The molecule has 0 radical (unpaired) electrons. The molecule has 0 saturated heterocycles. The molecule has 4 unspecified atom stereocenters. The highest BCUT2D eigenvalue weighted by molar-refractivity contribution is 6.13. The largest absolute Gasteiger partial charge is 0.504 e. The predicted molar refractivity (Wildman–Crippen MR) is 178 cm³/mol. The zero-order chi connectivity index (χ0) is 33.7. The van der Waals surface area contributed by atoms with Crippen LogP contribution in [0.3, 0.4) is 0 Å². The van der Waals surface area contributed by atoms with Crippen molar-refractivity contribution in [3.8, 4) is 0 Å². The fourth-order valence-electron chi connectivity index (χ4n) is 10.2. The number of hydrogen-bond donors (Lipinski definition) is 2. The molecule has 6 rings (SSSR count). The molecule has 0 amide bonds. The number of carbonyl (C=O) groups is 4. The van der Waals surface area contributed by atoms with Crippen LogP contribution in [0.15, 0.2) is 68.3 Å². The Morgan fingerprint density at radius 3 is 1.26 bits per heavy atom. The fraction of sp³-hybridized carbons (Fsp3) is 0.600. The summed E-state index contributed by atoms with van der Waals surface area (Å²) in [4.78, 5) is 54.4. The first-order chi connectivity index (χ1) is 21.4. The van der Waals surface area contributed by atoms with Crippen molar-refractivity contribution in [1.82, 2.24) is 0 Å². The Morgan fingerprint density at radius 2 is 0.935 bits per heavy atom. The smallest absolute Gasteiger partial charge is 0.224 e. The molecule has 0 aromatic carbocycles. The van der Waals surface area contributed by atoms with E-state index in [9.17, 15) is 29.4 Å². The average Bonchev–Trinajstić information content (AvgIpc) is 3.15. The van der Waals surface area contributed by atoms with Gasteiger partial charge in [0.1, 0.15) is 0 Å². The van der Waals surface area contributed by atoms with E-state index in [4.69, 9.17) is 0 Å². The van der Waals surface area contributed by atoms with Gasteiger partial charge in [0.2, 0.25) is 11.6 Å². The molecule has 2 N–H and O–H groups in total. The van der Waals surface area contributed by atoms with Crippen molar-refractivity contribution < 1.29 is 29.4 Å². The van der Waals surface area contributed by atoms with Crippen LogP contribution in [0.1, 0.15) is 120 Å². The number of aliphatic hydroxyl groups is 2. The van der Waals surface area contributed by atoms with E-state index in [2.05, 4.69) is 27.7 Å². The van der Waals surface area contributed by atoms with Crippen LogP contribution in [0, 0.1) is 33.5 Å². The van der Waals surface area contributed by atoms with Crippen molar-refractivity contribution in [2.24, 2.45) is 33.5 Å². The van der Waals surface area contributed by atoms with Crippen molar-refractivity contribution in [3.63, 3.8) is 0 Å². The highest BCUT2D eigenvalue weighted by Gasteiger charge is 2.53. The number of fused-ring (bicyclic) bond motifs is 4. The maximum absolute atomic E-state index is 13.7. The Labute approximate surface area is 273 Å². The Kier molecular flexibility index (Phi) is 7.54. The highest BCUT2D eigenvalue weighted by Crippen LogP contribution is 2.60. The second kappa shape index (κ2) is 10.6. The van der Waals surface area contributed by atoms with Crippen LogP contribution in [0.2, 0.25) is 0 Å². The van der Waals surface area contributed by atoms with E-state index in [0.29, 0.717) is 60.8 Å². The minimum atomic E-state index is -0.579. The number of rotatable bonds is 5. The van der Waals surface area contributed by atoms with Gasteiger partial charge in [0, 0.05) is 34.8 Å². The fourth-order valence-corrected chi connectivity index (χ4v) is 10.2. The first-order valence-corrected chi connectivity index (χ1v) is 17.3. The topological polar surface area (TPSA) is 109 Å². The summed E-state index contributed by atoms with van der Waals surface area (Å²) >= 11 is 0. The molecule has 46 heavy (non-hydrogen) atoms. The number of allylic oxidation sites excluding steroid dienone is 10. The quantitative estimate of drug-likeness (QED) is 0.316. The summed E-state index contributed by atoms with van der Waals surface area (Å²) in [6.45, 7) is 16.5. The second-order valence-electron chi connectivity index (χ2n) is 16.5. The maximum Gasteiger partial charge on any atom is 0.224 e. The van der Waals surface area contributed by atoms with Gasteiger partial charge in [-0.15, -0.1) is 0 Å². The summed E-state index contributed by atoms with van der Waals surface area (Å²) in [7, 11) is 0. The normalized spacial score (nSPS) is 35.0. The molecule has 0 fully saturated rings. The lowest BCUT2D eigenvalue weighted by molar-refractivity contribution is -0.118. The molecule has 0 heterocycles.